The van der Waals surface area contributed by atoms with Crippen molar-refractivity contribution < 1.29 is 19.0 Å². The largest absolute Gasteiger partial charge is 0.454 e. The van der Waals surface area contributed by atoms with Gasteiger partial charge in [-0.3, -0.25) is 10.1 Å². The first-order valence-electron chi connectivity index (χ1n) is 8.64. The highest BCUT2D eigenvalue weighted by Crippen LogP contribution is 2.32. The first-order valence-corrected chi connectivity index (χ1v) is 9.04. The van der Waals surface area contributed by atoms with Crippen molar-refractivity contribution in [1.29, 1.82) is 0 Å². The molecule has 0 spiro atoms. The summed E-state index contributed by atoms with van der Waals surface area (Å²) in [5.74, 6) is 0.878. The van der Waals surface area contributed by atoms with Crippen LogP contribution < -0.4 is 25.0 Å². The molecule has 0 unspecified atom stereocenters. The summed E-state index contributed by atoms with van der Waals surface area (Å²) >= 11 is 5.24. The standard InChI is InChI=1S/C19H19N3O4S/c23-18(13-1-6-16-17(11-13)26-12-25-16)21-19(27)20-14-2-4-15(5-3-14)22-7-9-24-10-8-22/h1-6,11H,7-10,12H2,(H2,20,21,23,27). The number of carbonyl (C=O) groups excluding carboxylic acids is 1. The second-order valence-electron chi connectivity index (χ2n) is 6.12. The molecular weight excluding hydrogens is 366 g/mol. The zero-order chi connectivity index (χ0) is 18.6. The summed E-state index contributed by atoms with van der Waals surface area (Å²) in [4.78, 5) is 14.6. The van der Waals surface area contributed by atoms with Crippen LogP contribution in [0.4, 0.5) is 11.4 Å². The number of morpholine rings is 1. The van der Waals surface area contributed by atoms with Crippen molar-refractivity contribution >= 4 is 34.6 Å². The first-order chi connectivity index (χ1) is 13.2. The maximum absolute atomic E-state index is 12.4. The molecule has 1 fully saturated rings. The van der Waals surface area contributed by atoms with Gasteiger partial charge >= 0.3 is 0 Å². The highest BCUT2D eigenvalue weighted by atomic mass is 32.1. The highest BCUT2D eigenvalue weighted by molar-refractivity contribution is 7.80. The average molecular weight is 385 g/mol. The predicted molar refractivity (Wildman–Crippen MR) is 106 cm³/mol. The Hall–Kier alpha value is -2.84. The normalized spacial score (nSPS) is 15.3. The third-order valence-electron chi connectivity index (χ3n) is 4.36. The molecule has 0 radical (unpaired) electrons. The van der Waals surface area contributed by atoms with Crippen LogP contribution in [0, 0.1) is 0 Å². The van der Waals surface area contributed by atoms with Crippen molar-refractivity contribution in [1.82, 2.24) is 5.32 Å². The van der Waals surface area contributed by atoms with Crippen LogP contribution in [0.25, 0.3) is 0 Å². The van der Waals surface area contributed by atoms with Gasteiger partial charge in [-0.05, 0) is 54.7 Å². The van der Waals surface area contributed by atoms with E-state index >= 15 is 0 Å². The molecule has 0 aromatic heterocycles. The molecule has 2 heterocycles. The van der Waals surface area contributed by atoms with Gasteiger partial charge in [-0.2, -0.15) is 0 Å². The number of rotatable bonds is 3. The van der Waals surface area contributed by atoms with Gasteiger partial charge in [-0.25, -0.2) is 0 Å². The molecule has 2 aromatic carbocycles. The SMILES string of the molecule is O=C(NC(=S)Nc1ccc(N2CCOCC2)cc1)c1ccc2c(c1)OCO2. The molecule has 4 rings (SSSR count). The Bertz CT molecular complexity index is 851. The Balaban J connectivity index is 1.34. The molecule has 0 bridgehead atoms. The van der Waals surface area contributed by atoms with Crippen molar-refractivity contribution in [2.75, 3.05) is 43.3 Å². The number of carbonyl (C=O) groups is 1. The quantitative estimate of drug-likeness (QED) is 0.786. The second kappa shape index (κ2) is 7.81. The monoisotopic (exact) mass is 385 g/mol. The van der Waals surface area contributed by atoms with E-state index in [-0.39, 0.29) is 17.8 Å². The van der Waals surface area contributed by atoms with Crippen LogP contribution in [-0.2, 0) is 4.74 Å². The summed E-state index contributed by atoms with van der Waals surface area (Å²) in [6.45, 7) is 3.43. The summed E-state index contributed by atoms with van der Waals surface area (Å²) in [6.07, 6.45) is 0. The molecule has 0 atom stereocenters. The molecule has 27 heavy (non-hydrogen) atoms. The third kappa shape index (κ3) is 4.12. The molecule has 7 nitrogen and oxygen atoms in total. The Morgan fingerprint density at radius 2 is 1.74 bits per heavy atom. The van der Waals surface area contributed by atoms with Crippen LogP contribution in [0.1, 0.15) is 10.4 Å². The molecule has 2 aliphatic heterocycles. The van der Waals surface area contributed by atoms with Crippen molar-refractivity contribution in [3.63, 3.8) is 0 Å². The topological polar surface area (TPSA) is 72.1 Å². The highest BCUT2D eigenvalue weighted by Gasteiger charge is 2.17. The van der Waals surface area contributed by atoms with Crippen LogP contribution in [0.15, 0.2) is 42.5 Å². The fourth-order valence-electron chi connectivity index (χ4n) is 2.95. The van der Waals surface area contributed by atoms with Gasteiger partial charge in [0.25, 0.3) is 5.91 Å². The third-order valence-corrected chi connectivity index (χ3v) is 4.57. The van der Waals surface area contributed by atoms with E-state index in [0.717, 1.165) is 37.7 Å². The number of hydrogen-bond acceptors (Lipinski definition) is 6. The fraction of sp³-hybridized carbons (Fsp3) is 0.263. The number of thiocarbonyl (C=S) groups is 1. The Kier molecular flexibility index (Phi) is 5.08. The van der Waals surface area contributed by atoms with E-state index in [9.17, 15) is 4.79 Å². The molecule has 140 valence electrons. The first kappa shape index (κ1) is 17.6. The zero-order valence-electron chi connectivity index (χ0n) is 14.6. The van der Waals surface area contributed by atoms with Crippen LogP contribution in [-0.4, -0.2) is 44.1 Å². The number of ether oxygens (including phenoxy) is 3. The van der Waals surface area contributed by atoms with Gasteiger partial charge in [0.05, 0.1) is 13.2 Å². The number of anilines is 2. The summed E-state index contributed by atoms with van der Waals surface area (Å²) in [7, 11) is 0. The van der Waals surface area contributed by atoms with Gasteiger partial charge in [-0.15, -0.1) is 0 Å². The van der Waals surface area contributed by atoms with Crippen molar-refractivity contribution in [2.24, 2.45) is 0 Å². The second-order valence-corrected chi connectivity index (χ2v) is 6.53. The van der Waals surface area contributed by atoms with Crippen molar-refractivity contribution in [3.8, 4) is 11.5 Å². The molecule has 1 saturated heterocycles. The Morgan fingerprint density at radius 1 is 1.00 bits per heavy atom. The summed E-state index contributed by atoms with van der Waals surface area (Å²) in [6, 6.07) is 12.9. The fourth-order valence-corrected chi connectivity index (χ4v) is 3.16. The van der Waals surface area contributed by atoms with Gasteiger partial charge in [0, 0.05) is 30.0 Å². The number of nitrogens with zero attached hydrogens (tertiary/aromatic N) is 1. The van der Waals surface area contributed by atoms with Gasteiger partial charge in [0.15, 0.2) is 16.6 Å². The molecule has 8 heteroatoms. The van der Waals surface area contributed by atoms with E-state index in [1.54, 1.807) is 18.2 Å². The van der Waals surface area contributed by atoms with E-state index < -0.39 is 0 Å². The van der Waals surface area contributed by atoms with E-state index in [1.807, 2.05) is 24.3 Å². The minimum absolute atomic E-state index is 0.167. The van der Waals surface area contributed by atoms with E-state index in [4.69, 9.17) is 26.4 Å². The molecule has 0 aliphatic carbocycles. The predicted octanol–water partition coefficient (Wildman–Crippen LogP) is 2.38. The number of nitrogens with one attached hydrogen (secondary N) is 2. The molecule has 2 aromatic rings. The van der Waals surface area contributed by atoms with E-state index in [0.29, 0.717) is 17.1 Å². The molecule has 2 N–H and O–H groups in total. The molecule has 0 saturated carbocycles. The lowest BCUT2D eigenvalue weighted by molar-refractivity contribution is 0.0977. The lowest BCUT2D eigenvalue weighted by Crippen LogP contribution is -2.36. The number of benzene rings is 2. The lowest BCUT2D eigenvalue weighted by Gasteiger charge is -2.28. The Morgan fingerprint density at radius 3 is 2.52 bits per heavy atom. The van der Waals surface area contributed by atoms with Gasteiger partial charge in [0.1, 0.15) is 0 Å². The smallest absolute Gasteiger partial charge is 0.257 e. The molecule has 1 amide bonds. The van der Waals surface area contributed by atoms with E-state index in [2.05, 4.69) is 15.5 Å². The van der Waals surface area contributed by atoms with Gasteiger partial charge < -0.3 is 24.4 Å². The minimum atomic E-state index is -0.310. The zero-order valence-corrected chi connectivity index (χ0v) is 15.4. The maximum atomic E-state index is 12.4. The van der Waals surface area contributed by atoms with E-state index in [1.165, 1.54) is 0 Å². The minimum Gasteiger partial charge on any atom is -0.454 e. The number of amides is 1. The molecule has 2 aliphatic rings. The van der Waals surface area contributed by atoms with Crippen LogP contribution in [0.5, 0.6) is 11.5 Å². The van der Waals surface area contributed by atoms with Crippen LogP contribution in [0.3, 0.4) is 0 Å². The maximum Gasteiger partial charge on any atom is 0.257 e. The number of fused-ring (bicyclic) bond motifs is 1. The van der Waals surface area contributed by atoms with Crippen molar-refractivity contribution in [3.05, 3.63) is 48.0 Å². The summed E-state index contributed by atoms with van der Waals surface area (Å²) in [5, 5.41) is 5.93. The average Bonchev–Trinajstić information content (AvgIpc) is 3.17. The van der Waals surface area contributed by atoms with Gasteiger partial charge in [-0.1, -0.05) is 0 Å². The lowest BCUT2D eigenvalue weighted by atomic mass is 10.2. The summed E-state index contributed by atoms with van der Waals surface area (Å²) < 4.78 is 15.9. The van der Waals surface area contributed by atoms with Crippen molar-refractivity contribution in [2.45, 2.75) is 0 Å². The van der Waals surface area contributed by atoms with Gasteiger partial charge in [0.2, 0.25) is 6.79 Å². The summed E-state index contributed by atoms with van der Waals surface area (Å²) in [5.41, 5.74) is 2.40. The molecular formula is C19H19N3O4S. The Labute approximate surface area is 162 Å². The van der Waals surface area contributed by atoms with Crippen LogP contribution in [0.2, 0.25) is 0 Å². The number of hydrogen-bond donors (Lipinski definition) is 2. The van der Waals surface area contributed by atoms with Crippen LogP contribution >= 0.6 is 12.2 Å².